The Morgan fingerprint density at radius 2 is 1.63 bits per heavy atom. The fourth-order valence-electron chi connectivity index (χ4n) is 2.66. The largest absolute Gasteiger partial charge is 0.326 e. The van der Waals surface area contributed by atoms with Crippen molar-refractivity contribution in [1.29, 1.82) is 0 Å². The maximum Gasteiger partial charge on any atom is 0.269 e. The molecule has 0 saturated heterocycles. The zero-order valence-corrected chi connectivity index (χ0v) is 14.8. The number of anilines is 1. The Hall–Kier alpha value is -3.22. The molecule has 2 atom stereocenters. The third kappa shape index (κ3) is 5.13. The molecule has 0 aromatic heterocycles. The molecule has 27 heavy (non-hydrogen) atoms. The van der Waals surface area contributed by atoms with Crippen LogP contribution in [0.3, 0.4) is 0 Å². The standard InChI is InChI=1S/C20H20FN3O3/c1-12-10-17(12)20(27)22-16-8-4-14(5-9-16)19(26)24-23-18(25)11-13-2-6-15(21)7-3-13/h2-9,12,17H,10-11H2,1H3,(H,22,27)(H,23,25)(H,24,26). The molecular formula is C20H20FN3O3. The van der Waals surface area contributed by atoms with Crippen molar-refractivity contribution < 1.29 is 18.8 Å². The fourth-order valence-corrected chi connectivity index (χ4v) is 2.66. The minimum atomic E-state index is -0.476. The highest BCUT2D eigenvalue weighted by Gasteiger charge is 2.39. The molecule has 0 radical (unpaired) electrons. The van der Waals surface area contributed by atoms with Gasteiger partial charge in [0.2, 0.25) is 11.8 Å². The van der Waals surface area contributed by atoms with Crippen molar-refractivity contribution in [3.63, 3.8) is 0 Å². The minimum absolute atomic E-state index is 0.00671. The number of benzene rings is 2. The lowest BCUT2D eigenvalue weighted by atomic mass is 10.1. The predicted molar refractivity (Wildman–Crippen MR) is 98.1 cm³/mol. The summed E-state index contributed by atoms with van der Waals surface area (Å²) in [6, 6.07) is 12.0. The second-order valence-electron chi connectivity index (χ2n) is 6.69. The van der Waals surface area contributed by atoms with E-state index in [1.54, 1.807) is 24.3 Å². The van der Waals surface area contributed by atoms with Crippen LogP contribution in [0.2, 0.25) is 0 Å². The van der Waals surface area contributed by atoms with E-state index in [1.807, 2.05) is 6.92 Å². The van der Waals surface area contributed by atoms with E-state index in [1.165, 1.54) is 24.3 Å². The molecule has 1 saturated carbocycles. The highest BCUT2D eigenvalue weighted by molar-refractivity contribution is 5.97. The van der Waals surface area contributed by atoms with Gasteiger partial charge in [-0.25, -0.2) is 4.39 Å². The molecule has 2 aromatic carbocycles. The highest BCUT2D eigenvalue weighted by Crippen LogP contribution is 2.38. The predicted octanol–water partition coefficient (Wildman–Crippen LogP) is 2.42. The molecule has 0 spiro atoms. The second-order valence-corrected chi connectivity index (χ2v) is 6.69. The fraction of sp³-hybridized carbons (Fsp3) is 0.250. The summed E-state index contributed by atoms with van der Waals surface area (Å²) < 4.78 is 12.8. The van der Waals surface area contributed by atoms with Crippen molar-refractivity contribution in [2.45, 2.75) is 19.8 Å². The monoisotopic (exact) mass is 369 g/mol. The van der Waals surface area contributed by atoms with Gasteiger partial charge in [0.15, 0.2) is 0 Å². The lowest BCUT2D eigenvalue weighted by Crippen LogP contribution is -2.42. The first-order valence-corrected chi connectivity index (χ1v) is 8.67. The molecule has 6 nitrogen and oxygen atoms in total. The average molecular weight is 369 g/mol. The molecule has 7 heteroatoms. The second kappa shape index (κ2) is 7.99. The normalized spacial score (nSPS) is 17.7. The summed E-state index contributed by atoms with van der Waals surface area (Å²) >= 11 is 0. The van der Waals surface area contributed by atoms with E-state index in [-0.39, 0.29) is 24.1 Å². The van der Waals surface area contributed by atoms with E-state index >= 15 is 0 Å². The summed E-state index contributed by atoms with van der Waals surface area (Å²) in [7, 11) is 0. The lowest BCUT2D eigenvalue weighted by molar-refractivity contribution is -0.121. The van der Waals surface area contributed by atoms with Crippen LogP contribution < -0.4 is 16.2 Å². The lowest BCUT2D eigenvalue weighted by Gasteiger charge is -2.09. The van der Waals surface area contributed by atoms with Gasteiger partial charge in [0.25, 0.3) is 5.91 Å². The third-order valence-corrected chi connectivity index (χ3v) is 4.45. The number of hydrogen-bond acceptors (Lipinski definition) is 3. The highest BCUT2D eigenvalue weighted by atomic mass is 19.1. The molecule has 3 rings (SSSR count). The molecular weight excluding hydrogens is 349 g/mol. The summed E-state index contributed by atoms with van der Waals surface area (Å²) in [5, 5.41) is 2.81. The van der Waals surface area contributed by atoms with Crippen LogP contribution in [0.5, 0.6) is 0 Å². The Morgan fingerprint density at radius 3 is 2.22 bits per heavy atom. The van der Waals surface area contributed by atoms with Crippen LogP contribution in [0, 0.1) is 17.7 Å². The van der Waals surface area contributed by atoms with E-state index in [9.17, 15) is 18.8 Å². The van der Waals surface area contributed by atoms with Gasteiger partial charge in [0, 0.05) is 17.2 Å². The third-order valence-electron chi connectivity index (χ3n) is 4.45. The van der Waals surface area contributed by atoms with Crippen molar-refractivity contribution in [3.8, 4) is 0 Å². The number of halogens is 1. The average Bonchev–Trinajstić information content (AvgIpc) is 3.39. The van der Waals surface area contributed by atoms with E-state index < -0.39 is 11.8 Å². The van der Waals surface area contributed by atoms with Gasteiger partial charge in [-0.1, -0.05) is 19.1 Å². The first-order chi connectivity index (χ1) is 12.9. The Bertz CT molecular complexity index is 850. The molecule has 3 N–H and O–H groups in total. The molecule has 1 aliphatic carbocycles. The van der Waals surface area contributed by atoms with Gasteiger partial charge in [0.1, 0.15) is 5.82 Å². The molecule has 3 amide bonds. The van der Waals surface area contributed by atoms with Crippen molar-refractivity contribution in [3.05, 3.63) is 65.5 Å². The molecule has 0 aliphatic heterocycles. The summed E-state index contributed by atoms with van der Waals surface area (Å²) in [6.45, 7) is 2.03. The van der Waals surface area contributed by atoms with Crippen LogP contribution in [0.1, 0.15) is 29.3 Å². The SMILES string of the molecule is CC1CC1C(=O)Nc1ccc(C(=O)NNC(=O)Cc2ccc(F)cc2)cc1. The van der Waals surface area contributed by atoms with Crippen LogP contribution in [0.15, 0.2) is 48.5 Å². The van der Waals surface area contributed by atoms with Crippen LogP contribution >= 0.6 is 0 Å². The van der Waals surface area contributed by atoms with Crippen molar-refractivity contribution in [2.24, 2.45) is 11.8 Å². The molecule has 140 valence electrons. The van der Waals surface area contributed by atoms with Crippen LogP contribution in [0.25, 0.3) is 0 Å². The van der Waals surface area contributed by atoms with Gasteiger partial charge < -0.3 is 5.32 Å². The van der Waals surface area contributed by atoms with Gasteiger partial charge in [-0.05, 0) is 54.3 Å². The quantitative estimate of drug-likeness (QED) is 0.708. The van der Waals surface area contributed by atoms with Crippen LogP contribution in [0.4, 0.5) is 10.1 Å². The number of amides is 3. The first-order valence-electron chi connectivity index (χ1n) is 8.67. The van der Waals surface area contributed by atoms with E-state index in [2.05, 4.69) is 16.2 Å². The molecule has 0 bridgehead atoms. The van der Waals surface area contributed by atoms with Crippen molar-refractivity contribution in [2.75, 3.05) is 5.32 Å². The molecule has 2 aromatic rings. The maximum atomic E-state index is 12.8. The van der Waals surface area contributed by atoms with E-state index in [4.69, 9.17) is 0 Å². The van der Waals surface area contributed by atoms with Crippen LogP contribution in [-0.4, -0.2) is 17.7 Å². The minimum Gasteiger partial charge on any atom is -0.326 e. The Morgan fingerprint density at radius 1 is 1.00 bits per heavy atom. The van der Waals surface area contributed by atoms with Gasteiger partial charge in [-0.2, -0.15) is 0 Å². The summed E-state index contributed by atoms with van der Waals surface area (Å²) in [6.07, 6.45) is 0.926. The number of nitrogens with one attached hydrogen (secondary N) is 3. The maximum absolute atomic E-state index is 12.8. The molecule has 1 fully saturated rings. The number of rotatable bonds is 5. The Kier molecular flexibility index (Phi) is 5.49. The zero-order valence-electron chi connectivity index (χ0n) is 14.8. The van der Waals surface area contributed by atoms with Crippen LogP contribution in [-0.2, 0) is 16.0 Å². The van der Waals surface area contributed by atoms with Gasteiger partial charge in [-0.15, -0.1) is 0 Å². The van der Waals surface area contributed by atoms with Gasteiger partial charge in [0.05, 0.1) is 6.42 Å². The van der Waals surface area contributed by atoms with E-state index in [0.717, 1.165) is 6.42 Å². The van der Waals surface area contributed by atoms with Crippen molar-refractivity contribution in [1.82, 2.24) is 10.9 Å². The topological polar surface area (TPSA) is 87.3 Å². The smallest absolute Gasteiger partial charge is 0.269 e. The van der Waals surface area contributed by atoms with Gasteiger partial charge in [-0.3, -0.25) is 25.2 Å². The zero-order chi connectivity index (χ0) is 19.4. The number of hydrazine groups is 1. The summed E-state index contributed by atoms with van der Waals surface area (Å²) in [5.41, 5.74) is 6.24. The number of hydrogen-bond donors (Lipinski definition) is 3. The summed E-state index contributed by atoms with van der Waals surface area (Å²) in [4.78, 5) is 35.8. The number of carbonyl (C=O) groups excluding carboxylic acids is 3. The molecule has 1 aliphatic rings. The first kappa shape index (κ1) is 18.6. The Balaban J connectivity index is 1.46. The summed E-state index contributed by atoms with van der Waals surface area (Å²) in [5.74, 6) is -0.780. The van der Waals surface area contributed by atoms with Gasteiger partial charge >= 0.3 is 0 Å². The number of carbonyl (C=O) groups is 3. The van der Waals surface area contributed by atoms with Crippen molar-refractivity contribution >= 4 is 23.4 Å². The molecule has 0 heterocycles. The Labute approximate surface area is 156 Å². The van der Waals surface area contributed by atoms with E-state index in [0.29, 0.717) is 22.7 Å². The molecule has 2 unspecified atom stereocenters.